The summed E-state index contributed by atoms with van der Waals surface area (Å²) in [5.41, 5.74) is 4.82. The average molecular weight is 254 g/mol. The molecular formula is C16H18N2O. The standard InChI is InChI=1S/C16H18N2O/c1-11-7-15(10-17-9-11)18-12(2)13-3-4-16-14(8-13)5-6-19-16/h3-4,7-10,12,18H,5-6H2,1-2H3. The Morgan fingerprint density at radius 3 is 3.00 bits per heavy atom. The van der Waals surface area contributed by atoms with Gasteiger partial charge in [0.15, 0.2) is 0 Å². The number of hydrogen-bond acceptors (Lipinski definition) is 3. The number of rotatable bonds is 3. The molecule has 1 aromatic carbocycles. The van der Waals surface area contributed by atoms with E-state index in [2.05, 4.69) is 48.4 Å². The Kier molecular flexibility index (Phi) is 3.11. The number of anilines is 1. The van der Waals surface area contributed by atoms with E-state index >= 15 is 0 Å². The molecule has 0 bridgehead atoms. The van der Waals surface area contributed by atoms with Crippen molar-refractivity contribution >= 4 is 5.69 Å². The first kappa shape index (κ1) is 12.0. The highest BCUT2D eigenvalue weighted by Gasteiger charge is 2.14. The summed E-state index contributed by atoms with van der Waals surface area (Å²) in [6.07, 6.45) is 4.74. The van der Waals surface area contributed by atoms with Gasteiger partial charge in [-0.3, -0.25) is 4.98 Å². The van der Waals surface area contributed by atoms with Crippen LogP contribution < -0.4 is 10.1 Å². The first-order chi connectivity index (χ1) is 9.22. The van der Waals surface area contributed by atoms with Crippen molar-refractivity contribution in [1.29, 1.82) is 0 Å². The molecule has 98 valence electrons. The zero-order valence-electron chi connectivity index (χ0n) is 11.3. The maximum absolute atomic E-state index is 5.54. The third-order valence-corrected chi connectivity index (χ3v) is 3.47. The zero-order valence-corrected chi connectivity index (χ0v) is 11.3. The number of ether oxygens (including phenoxy) is 1. The van der Waals surface area contributed by atoms with Crippen LogP contribution in [-0.4, -0.2) is 11.6 Å². The summed E-state index contributed by atoms with van der Waals surface area (Å²) >= 11 is 0. The molecule has 0 spiro atoms. The van der Waals surface area contributed by atoms with E-state index in [0.29, 0.717) is 0 Å². The van der Waals surface area contributed by atoms with Gasteiger partial charge in [0.05, 0.1) is 12.3 Å². The van der Waals surface area contributed by atoms with Crippen LogP contribution in [0, 0.1) is 6.92 Å². The van der Waals surface area contributed by atoms with Crippen molar-refractivity contribution in [2.75, 3.05) is 11.9 Å². The van der Waals surface area contributed by atoms with E-state index in [4.69, 9.17) is 4.74 Å². The van der Waals surface area contributed by atoms with Gasteiger partial charge in [0, 0.05) is 24.9 Å². The third-order valence-electron chi connectivity index (χ3n) is 3.47. The smallest absolute Gasteiger partial charge is 0.122 e. The van der Waals surface area contributed by atoms with Crippen LogP contribution in [0.3, 0.4) is 0 Å². The van der Waals surface area contributed by atoms with Crippen molar-refractivity contribution in [1.82, 2.24) is 4.98 Å². The number of benzene rings is 1. The van der Waals surface area contributed by atoms with Crippen molar-refractivity contribution in [3.8, 4) is 5.75 Å². The fraction of sp³-hybridized carbons (Fsp3) is 0.312. The molecule has 19 heavy (non-hydrogen) atoms. The molecule has 3 heteroatoms. The predicted molar refractivity (Wildman–Crippen MR) is 76.7 cm³/mol. The number of nitrogens with one attached hydrogen (secondary N) is 1. The minimum atomic E-state index is 0.259. The molecule has 1 unspecified atom stereocenters. The van der Waals surface area contributed by atoms with Gasteiger partial charge in [-0.15, -0.1) is 0 Å². The van der Waals surface area contributed by atoms with Crippen molar-refractivity contribution in [3.63, 3.8) is 0 Å². The SMILES string of the molecule is Cc1cncc(NC(C)c2ccc3c(c2)CCO3)c1. The normalized spacial score (nSPS) is 14.6. The van der Waals surface area contributed by atoms with Gasteiger partial charge in [-0.05, 0) is 48.7 Å². The van der Waals surface area contributed by atoms with E-state index in [1.807, 2.05) is 12.4 Å². The lowest BCUT2D eigenvalue weighted by Gasteiger charge is -2.16. The Morgan fingerprint density at radius 1 is 1.26 bits per heavy atom. The van der Waals surface area contributed by atoms with Crippen LogP contribution in [0.15, 0.2) is 36.7 Å². The highest BCUT2D eigenvalue weighted by Crippen LogP contribution is 2.29. The van der Waals surface area contributed by atoms with Crippen molar-refractivity contribution in [2.24, 2.45) is 0 Å². The van der Waals surface area contributed by atoms with E-state index in [1.54, 1.807) is 0 Å². The van der Waals surface area contributed by atoms with E-state index in [-0.39, 0.29) is 6.04 Å². The molecule has 2 aromatic rings. The minimum absolute atomic E-state index is 0.259. The quantitative estimate of drug-likeness (QED) is 0.910. The van der Waals surface area contributed by atoms with Crippen LogP contribution in [0.2, 0.25) is 0 Å². The molecule has 1 aliphatic rings. The van der Waals surface area contributed by atoms with E-state index in [0.717, 1.165) is 24.5 Å². The zero-order chi connectivity index (χ0) is 13.2. The topological polar surface area (TPSA) is 34.2 Å². The van der Waals surface area contributed by atoms with Crippen LogP contribution in [0.1, 0.15) is 29.7 Å². The van der Waals surface area contributed by atoms with E-state index in [1.165, 1.54) is 16.7 Å². The molecule has 3 nitrogen and oxygen atoms in total. The molecule has 1 aliphatic heterocycles. The fourth-order valence-corrected chi connectivity index (χ4v) is 2.44. The van der Waals surface area contributed by atoms with E-state index < -0.39 is 0 Å². The highest BCUT2D eigenvalue weighted by molar-refractivity contribution is 5.47. The molecule has 1 atom stereocenters. The van der Waals surface area contributed by atoms with Gasteiger partial charge in [-0.25, -0.2) is 0 Å². The summed E-state index contributed by atoms with van der Waals surface area (Å²) in [5.74, 6) is 1.04. The van der Waals surface area contributed by atoms with Crippen LogP contribution in [0.4, 0.5) is 5.69 Å². The Hall–Kier alpha value is -2.03. The molecule has 0 amide bonds. The second kappa shape index (κ2) is 4.92. The van der Waals surface area contributed by atoms with Crippen LogP contribution in [-0.2, 0) is 6.42 Å². The number of aryl methyl sites for hydroxylation is 1. The maximum Gasteiger partial charge on any atom is 0.122 e. The summed E-state index contributed by atoms with van der Waals surface area (Å²) in [6, 6.07) is 8.81. The predicted octanol–water partition coefficient (Wildman–Crippen LogP) is 3.50. The number of pyridine rings is 1. The van der Waals surface area contributed by atoms with Gasteiger partial charge in [0.2, 0.25) is 0 Å². The molecule has 2 heterocycles. The molecule has 1 N–H and O–H groups in total. The lowest BCUT2D eigenvalue weighted by molar-refractivity contribution is 0.357. The molecule has 0 saturated heterocycles. The maximum atomic E-state index is 5.54. The molecule has 0 fully saturated rings. The van der Waals surface area contributed by atoms with Crippen molar-refractivity contribution in [3.05, 3.63) is 53.3 Å². The molecule has 0 saturated carbocycles. The monoisotopic (exact) mass is 254 g/mol. The van der Waals surface area contributed by atoms with Gasteiger partial charge in [0.25, 0.3) is 0 Å². The third kappa shape index (κ3) is 2.55. The lowest BCUT2D eigenvalue weighted by atomic mass is 10.0. The van der Waals surface area contributed by atoms with Crippen molar-refractivity contribution < 1.29 is 4.74 Å². The average Bonchev–Trinajstić information content (AvgIpc) is 2.85. The summed E-state index contributed by atoms with van der Waals surface area (Å²) in [7, 11) is 0. The summed E-state index contributed by atoms with van der Waals surface area (Å²) < 4.78 is 5.54. The van der Waals surface area contributed by atoms with Gasteiger partial charge < -0.3 is 10.1 Å². The molecule has 0 aliphatic carbocycles. The Bertz CT molecular complexity index is 595. The number of aromatic nitrogens is 1. The Morgan fingerprint density at radius 2 is 2.16 bits per heavy atom. The minimum Gasteiger partial charge on any atom is -0.493 e. The highest BCUT2D eigenvalue weighted by atomic mass is 16.5. The molecule has 1 aromatic heterocycles. The molecule has 0 radical (unpaired) electrons. The molecular weight excluding hydrogens is 236 g/mol. The van der Waals surface area contributed by atoms with E-state index in [9.17, 15) is 0 Å². The van der Waals surface area contributed by atoms with Crippen LogP contribution in [0.25, 0.3) is 0 Å². The summed E-state index contributed by atoms with van der Waals surface area (Å²) in [5, 5.41) is 3.49. The summed E-state index contributed by atoms with van der Waals surface area (Å²) in [4.78, 5) is 4.21. The first-order valence-corrected chi connectivity index (χ1v) is 6.66. The number of fused-ring (bicyclic) bond motifs is 1. The van der Waals surface area contributed by atoms with Gasteiger partial charge in [0.1, 0.15) is 5.75 Å². The van der Waals surface area contributed by atoms with Crippen LogP contribution >= 0.6 is 0 Å². The first-order valence-electron chi connectivity index (χ1n) is 6.66. The van der Waals surface area contributed by atoms with Gasteiger partial charge in [-0.1, -0.05) is 6.07 Å². The Labute approximate surface area is 113 Å². The fourth-order valence-electron chi connectivity index (χ4n) is 2.44. The second-order valence-electron chi connectivity index (χ2n) is 5.08. The van der Waals surface area contributed by atoms with Gasteiger partial charge >= 0.3 is 0 Å². The van der Waals surface area contributed by atoms with Gasteiger partial charge in [-0.2, -0.15) is 0 Å². The van der Waals surface area contributed by atoms with Crippen molar-refractivity contribution in [2.45, 2.75) is 26.3 Å². The number of hydrogen-bond donors (Lipinski definition) is 1. The Balaban J connectivity index is 1.78. The number of nitrogens with zero attached hydrogens (tertiary/aromatic N) is 1. The molecule has 3 rings (SSSR count). The van der Waals surface area contributed by atoms with Crippen LogP contribution in [0.5, 0.6) is 5.75 Å². The lowest BCUT2D eigenvalue weighted by Crippen LogP contribution is -2.07. The largest absolute Gasteiger partial charge is 0.493 e. The summed E-state index contributed by atoms with van der Waals surface area (Å²) in [6.45, 7) is 5.03. The second-order valence-corrected chi connectivity index (χ2v) is 5.08.